The smallest absolute Gasteiger partial charge is 0.258 e. The van der Waals surface area contributed by atoms with Gasteiger partial charge in [-0.05, 0) is 78.1 Å². The average Bonchev–Trinajstić information content (AvgIpc) is 3.30. The highest BCUT2D eigenvalue weighted by molar-refractivity contribution is 5.79. The number of aromatic amines is 1. The van der Waals surface area contributed by atoms with Crippen LogP contribution in [0.4, 0.5) is 0 Å². The van der Waals surface area contributed by atoms with Crippen molar-refractivity contribution in [3.8, 4) is 0 Å². The number of fused-ring (bicyclic) bond motifs is 1. The second-order valence-corrected chi connectivity index (χ2v) is 9.25. The largest absolute Gasteiger partial charge is 0.322 e. The molecule has 1 saturated carbocycles. The second-order valence-electron chi connectivity index (χ2n) is 9.25. The summed E-state index contributed by atoms with van der Waals surface area (Å²) in [5, 5.41) is 14.1. The van der Waals surface area contributed by atoms with E-state index in [2.05, 4.69) is 50.3 Å². The van der Waals surface area contributed by atoms with Crippen molar-refractivity contribution in [2.75, 3.05) is 13.1 Å². The Morgan fingerprint density at radius 2 is 1.87 bits per heavy atom. The summed E-state index contributed by atoms with van der Waals surface area (Å²) in [6.07, 6.45) is 10.6. The van der Waals surface area contributed by atoms with Crippen LogP contribution >= 0.6 is 0 Å². The van der Waals surface area contributed by atoms with Gasteiger partial charge in [0.2, 0.25) is 5.82 Å². The number of H-pyrrole nitrogens is 1. The minimum Gasteiger partial charge on any atom is -0.322 e. The zero-order valence-electron chi connectivity index (χ0n) is 18.4. The molecule has 7 nitrogen and oxygen atoms in total. The molecular weight excluding hydrogens is 388 g/mol. The average molecular weight is 422 g/mol. The predicted molar refractivity (Wildman–Crippen MR) is 120 cm³/mol. The van der Waals surface area contributed by atoms with Gasteiger partial charge in [-0.15, -0.1) is 5.10 Å². The highest BCUT2D eigenvalue weighted by atomic mass is 16.1. The van der Waals surface area contributed by atoms with Crippen molar-refractivity contribution < 1.29 is 4.90 Å². The number of hydrogen-bond donors (Lipinski definition) is 2. The second kappa shape index (κ2) is 8.91. The number of benzene rings is 1. The highest BCUT2D eigenvalue weighted by Gasteiger charge is 2.36. The Bertz CT molecular complexity index is 1090. The topological polar surface area (TPSA) is 80.9 Å². The van der Waals surface area contributed by atoms with Crippen LogP contribution in [0, 0.1) is 0 Å². The van der Waals surface area contributed by atoms with Crippen LogP contribution in [-0.2, 0) is 6.42 Å². The van der Waals surface area contributed by atoms with Gasteiger partial charge in [-0.1, -0.05) is 32.3 Å². The van der Waals surface area contributed by atoms with Gasteiger partial charge in [-0.2, -0.15) is 0 Å². The number of nitrogens with zero attached hydrogens (tertiary/aromatic N) is 4. The molecule has 7 heteroatoms. The number of quaternary nitrogens is 1. The lowest BCUT2D eigenvalue weighted by molar-refractivity contribution is -0.931. The molecule has 2 aliphatic rings. The first-order valence-corrected chi connectivity index (χ1v) is 12.0. The van der Waals surface area contributed by atoms with E-state index in [9.17, 15) is 4.79 Å². The van der Waals surface area contributed by atoms with Gasteiger partial charge in [0.25, 0.3) is 5.56 Å². The summed E-state index contributed by atoms with van der Waals surface area (Å²) >= 11 is 0. The third-order valence-electron chi connectivity index (χ3n) is 7.26. The quantitative estimate of drug-likeness (QED) is 0.664. The molecule has 1 aliphatic heterocycles. The molecule has 0 amide bonds. The number of piperidine rings is 1. The summed E-state index contributed by atoms with van der Waals surface area (Å²) in [6.45, 7) is 4.26. The maximum absolute atomic E-state index is 13.3. The lowest BCUT2D eigenvalue weighted by atomic mass is 9.94. The molecule has 1 saturated heterocycles. The minimum atomic E-state index is -0.129. The van der Waals surface area contributed by atoms with E-state index < -0.39 is 0 Å². The molecule has 3 heterocycles. The zero-order chi connectivity index (χ0) is 21.2. The molecular formula is C24H33N6O+. The molecule has 2 aromatic heterocycles. The fourth-order valence-electron chi connectivity index (χ4n) is 5.52. The van der Waals surface area contributed by atoms with Crippen molar-refractivity contribution in [3.05, 3.63) is 51.6 Å². The van der Waals surface area contributed by atoms with E-state index >= 15 is 0 Å². The fourth-order valence-corrected chi connectivity index (χ4v) is 5.52. The van der Waals surface area contributed by atoms with Crippen LogP contribution in [0.3, 0.4) is 0 Å². The number of rotatable bonds is 5. The summed E-state index contributed by atoms with van der Waals surface area (Å²) in [5.41, 5.74) is 2.95. The monoisotopic (exact) mass is 421 g/mol. The van der Waals surface area contributed by atoms with Gasteiger partial charge >= 0.3 is 0 Å². The highest BCUT2D eigenvalue weighted by Crippen LogP contribution is 2.30. The standard InChI is InChI=1S/C24H32N6O/c1-2-17-11-12-21-18(15-17)16-20(24(31)25-21)22(29-13-7-4-8-14-29)23-26-27-28-30(23)19-9-5-3-6-10-19/h11-12,15-16,19,22H,2-10,13-14H2,1H3,(H,25,31)/p+1/t22-/m1/s1. The number of tetrazole rings is 1. The van der Waals surface area contributed by atoms with Gasteiger partial charge in [0.05, 0.1) is 24.7 Å². The van der Waals surface area contributed by atoms with E-state index in [1.807, 2.05) is 6.07 Å². The van der Waals surface area contributed by atoms with Gasteiger partial charge in [-0.3, -0.25) is 4.79 Å². The maximum atomic E-state index is 13.3. The number of likely N-dealkylation sites (tertiary alicyclic amines) is 1. The fraction of sp³-hybridized carbons (Fsp3) is 0.583. The van der Waals surface area contributed by atoms with E-state index in [1.165, 1.54) is 49.0 Å². The number of aromatic nitrogens is 5. The van der Waals surface area contributed by atoms with Crippen molar-refractivity contribution in [3.63, 3.8) is 0 Å². The van der Waals surface area contributed by atoms with Crippen molar-refractivity contribution in [1.82, 2.24) is 25.2 Å². The minimum absolute atomic E-state index is 0.0157. The molecule has 0 bridgehead atoms. The lowest BCUT2D eigenvalue weighted by Crippen LogP contribution is -3.13. The van der Waals surface area contributed by atoms with Gasteiger partial charge in [-0.25, -0.2) is 4.68 Å². The van der Waals surface area contributed by atoms with Crippen molar-refractivity contribution >= 4 is 10.9 Å². The Hall–Kier alpha value is -2.54. The number of hydrogen-bond acceptors (Lipinski definition) is 4. The Morgan fingerprint density at radius 3 is 2.65 bits per heavy atom. The summed E-state index contributed by atoms with van der Waals surface area (Å²) in [6, 6.07) is 8.62. The van der Waals surface area contributed by atoms with E-state index in [0.717, 1.165) is 54.6 Å². The van der Waals surface area contributed by atoms with Gasteiger partial charge in [0.15, 0.2) is 6.04 Å². The molecule has 1 atom stereocenters. The molecule has 2 fully saturated rings. The lowest BCUT2D eigenvalue weighted by Gasteiger charge is -2.32. The summed E-state index contributed by atoms with van der Waals surface area (Å²) < 4.78 is 2.05. The van der Waals surface area contributed by atoms with E-state index in [-0.39, 0.29) is 11.6 Å². The van der Waals surface area contributed by atoms with Crippen LogP contribution < -0.4 is 10.5 Å². The first kappa shape index (κ1) is 20.4. The third-order valence-corrected chi connectivity index (χ3v) is 7.26. The summed E-state index contributed by atoms with van der Waals surface area (Å²) in [7, 11) is 0. The van der Waals surface area contributed by atoms with E-state index in [4.69, 9.17) is 0 Å². The Morgan fingerprint density at radius 1 is 1.10 bits per heavy atom. The van der Waals surface area contributed by atoms with Crippen LogP contribution in [0.2, 0.25) is 0 Å². The van der Waals surface area contributed by atoms with Gasteiger partial charge in [0, 0.05) is 5.52 Å². The molecule has 2 N–H and O–H groups in total. The van der Waals surface area contributed by atoms with Crippen LogP contribution in [0.25, 0.3) is 10.9 Å². The Labute approximate surface area is 182 Å². The molecule has 0 spiro atoms. The molecule has 1 aromatic carbocycles. The van der Waals surface area contributed by atoms with Gasteiger partial charge < -0.3 is 9.88 Å². The molecule has 0 radical (unpaired) electrons. The molecule has 0 unspecified atom stereocenters. The predicted octanol–water partition coefficient (Wildman–Crippen LogP) is 2.74. The van der Waals surface area contributed by atoms with E-state index in [0.29, 0.717) is 6.04 Å². The summed E-state index contributed by atoms with van der Waals surface area (Å²) in [5.74, 6) is 0.861. The van der Waals surface area contributed by atoms with Gasteiger partial charge in [0.1, 0.15) is 0 Å². The van der Waals surface area contributed by atoms with Crippen LogP contribution in [0.5, 0.6) is 0 Å². The molecule has 164 valence electrons. The van der Waals surface area contributed by atoms with E-state index in [1.54, 1.807) is 0 Å². The van der Waals surface area contributed by atoms with Crippen molar-refractivity contribution in [1.29, 1.82) is 0 Å². The van der Waals surface area contributed by atoms with Crippen LogP contribution in [0.1, 0.15) is 87.3 Å². The van der Waals surface area contributed by atoms with Crippen molar-refractivity contribution in [2.45, 2.75) is 76.8 Å². The van der Waals surface area contributed by atoms with Crippen LogP contribution in [0.15, 0.2) is 29.1 Å². The maximum Gasteiger partial charge on any atom is 0.258 e. The number of pyridine rings is 1. The normalized spacial score (nSPS) is 19.6. The zero-order valence-corrected chi connectivity index (χ0v) is 18.4. The molecule has 5 rings (SSSR count). The first-order valence-electron chi connectivity index (χ1n) is 12.0. The summed E-state index contributed by atoms with van der Waals surface area (Å²) in [4.78, 5) is 17.9. The van der Waals surface area contributed by atoms with Crippen LogP contribution in [-0.4, -0.2) is 38.3 Å². The third kappa shape index (κ3) is 4.03. The molecule has 31 heavy (non-hydrogen) atoms. The molecule has 1 aliphatic carbocycles. The number of aryl methyl sites for hydroxylation is 1. The molecule has 3 aromatic rings. The SMILES string of the molecule is CCc1ccc2[nH]c(=O)c([C@H](c3nnnn3C3CCCCC3)[NH+]3CCCCC3)cc2c1. The van der Waals surface area contributed by atoms with Crippen molar-refractivity contribution in [2.24, 2.45) is 0 Å². The Balaban J connectivity index is 1.63. The first-order chi connectivity index (χ1) is 15.2. The number of nitrogens with one attached hydrogen (secondary N) is 2. The Kier molecular flexibility index (Phi) is 5.85.